The number of carbonyl (C=O) groups excluding carboxylic acids is 1. The first-order valence-electron chi connectivity index (χ1n) is 5.73. The number of halogens is 1. The van der Waals surface area contributed by atoms with Crippen molar-refractivity contribution in [1.29, 1.82) is 0 Å². The Morgan fingerprint density at radius 3 is 2.94 bits per heavy atom. The highest BCUT2D eigenvalue weighted by Crippen LogP contribution is 2.20. The summed E-state index contributed by atoms with van der Waals surface area (Å²) >= 11 is 5.84. The smallest absolute Gasteiger partial charge is 0.253 e. The Morgan fingerprint density at radius 2 is 2.18 bits per heavy atom. The van der Waals surface area contributed by atoms with Crippen LogP contribution in [0.5, 0.6) is 0 Å². The lowest BCUT2D eigenvalue weighted by molar-refractivity contribution is 0.0766. The van der Waals surface area contributed by atoms with Crippen LogP contribution in [0.1, 0.15) is 16.8 Å². The van der Waals surface area contributed by atoms with Crippen molar-refractivity contribution in [3.63, 3.8) is 0 Å². The summed E-state index contributed by atoms with van der Waals surface area (Å²) in [5.74, 6) is 0.0251. The maximum absolute atomic E-state index is 12.2. The normalized spacial score (nSPS) is 16.6. The lowest BCUT2D eigenvalue weighted by atomic mass is 10.1. The monoisotopic (exact) mass is 253 g/mol. The summed E-state index contributed by atoms with van der Waals surface area (Å²) in [5.41, 5.74) is 6.76. The Morgan fingerprint density at radius 1 is 1.35 bits per heavy atom. The van der Waals surface area contributed by atoms with E-state index in [4.69, 9.17) is 17.3 Å². The summed E-state index contributed by atoms with van der Waals surface area (Å²) in [6.45, 7) is 3.33. The Kier molecular flexibility index (Phi) is 3.86. The third-order valence-corrected chi connectivity index (χ3v) is 3.21. The number of nitrogens with two attached hydrogens (primary N) is 1. The fourth-order valence-electron chi connectivity index (χ4n) is 1.91. The summed E-state index contributed by atoms with van der Waals surface area (Å²) in [6.07, 6.45) is 0.981. The van der Waals surface area contributed by atoms with Gasteiger partial charge in [0, 0.05) is 25.2 Å². The summed E-state index contributed by atoms with van der Waals surface area (Å²) in [7, 11) is 0. The van der Waals surface area contributed by atoms with E-state index in [1.54, 1.807) is 18.2 Å². The van der Waals surface area contributed by atoms with Crippen LogP contribution in [-0.4, -0.2) is 37.0 Å². The van der Waals surface area contributed by atoms with Gasteiger partial charge in [0.15, 0.2) is 0 Å². The molecule has 0 spiro atoms. The summed E-state index contributed by atoms with van der Waals surface area (Å²) in [4.78, 5) is 14.1. The fourth-order valence-corrected chi connectivity index (χ4v) is 2.03. The minimum atomic E-state index is 0.0251. The molecule has 1 saturated heterocycles. The lowest BCUT2D eigenvalue weighted by Gasteiger charge is -2.20. The number of nitrogen functional groups attached to an aromatic ring is 1. The van der Waals surface area contributed by atoms with Crippen molar-refractivity contribution in [1.82, 2.24) is 10.2 Å². The first-order valence-corrected chi connectivity index (χ1v) is 6.11. The van der Waals surface area contributed by atoms with Crippen LogP contribution in [0.25, 0.3) is 0 Å². The third kappa shape index (κ3) is 2.90. The largest absolute Gasteiger partial charge is 0.398 e. The molecule has 0 aliphatic carbocycles. The highest BCUT2D eigenvalue weighted by atomic mass is 35.5. The van der Waals surface area contributed by atoms with Crippen LogP contribution in [0, 0.1) is 0 Å². The SMILES string of the molecule is Nc1cc(C(=O)N2CCCNCC2)ccc1Cl. The zero-order valence-corrected chi connectivity index (χ0v) is 10.3. The number of anilines is 1. The van der Waals surface area contributed by atoms with Crippen molar-refractivity contribution in [3.8, 4) is 0 Å². The van der Waals surface area contributed by atoms with E-state index < -0.39 is 0 Å². The maximum Gasteiger partial charge on any atom is 0.253 e. The van der Waals surface area contributed by atoms with E-state index in [-0.39, 0.29) is 5.91 Å². The zero-order chi connectivity index (χ0) is 12.3. The van der Waals surface area contributed by atoms with E-state index in [0.29, 0.717) is 16.3 Å². The molecule has 1 amide bonds. The molecule has 0 atom stereocenters. The third-order valence-electron chi connectivity index (χ3n) is 2.87. The van der Waals surface area contributed by atoms with Crippen LogP contribution >= 0.6 is 11.6 Å². The Balaban J connectivity index is 2.14. The van der Waals surface area contributed by atoms with E-state index in [9.17, 15) is 4.79 Å². The van der Waals surface area contributed by atoms with Gasteiger partial charge in [0.25, 0.3) is 5.91 Å². The second-order valence-corrected chi connectivity index (χ2v) is 4.54. The Hall–Kier alpha value is -1.26. The van der Waals surface area contributed by atoms with Crippen LogP contribution in [0.4, 0.5) is 5.69 Å². The van der Waals surface area contributed by atoms with Crippen molar-refractivity contribution < 1.29 is 4.79 Å². The van der Waals surface area contributed by atoms with Gasteiger partial charge in [-0.25, -0.2) is 0 Å². The highest BCUT2D eigenvalue weighted by Gasteiger charge is 2.17. The molecule has 5 heteroatoms. The first kappa shape index (κ1) is 12.2. The minimum Gasteiger partial charge on any atom is -0.398 e. The second kappa shape index (κ2) is 5.38. The van der Waals surface area contributed by atoms with Crippen molar-refractivity contribution in [2.75, 3.05) is 31.9 Å². The average Bonchev–Trinajstić information content (AvgIpc) is 2.60. The molecule has 1 heterocycles. The predicted molar refractivity (Wildman–Crippen MR) is 69.3 cm³/mol. The number of nitrogens with one attached hydrogen (secondary N) is 1. The zero-order valence-electron chi connectivity index (χ0n) is 9.58. The standard InChI is InChI=1S/C12H16ClN3O/c13-10-3-2-9(8-11(10)14)12(17)16-6-1-4-15-5-7-16/h2-3,8,15H,1,4-7,14H2. The van der Waals surface area contributed by atoms with E-state index >= 15 is 0 Å². The molecule has 0 unspecified atom stereocenters. The van der Waals surface area contributed by atoms with E-state index in [1.165, 1.54) is 0 Å². The fraction of sp³-hybridized carbons (Fsp3) is 0.417. The van der Waals surface area contributed by atoms with Crippen LogP contribution < -0.4 is 11.1 Å². The molecule has 0 aromatic heterocycles. The highest BCUT2D eigenvalue weighted by molar-refractivity contribution is 6.33. The van der Waals surface area contributed by atoms with Crippen LogP contribution in [0.2, 0.25) is 5.02 Å². The molecule has 1 fully saturated rings. The summed E-state index contributed by atoms with van der Waals surface area (Å²) < 4.78 is 0. The molecular weight excluding hydrogens is 238 g/mol. The number of hydrogen-bond donors (Lipinski definition) is 2. The molecule has 4 nitrogen and oxygen atoms in total. The molecule has 1 aliphatic rings. The summed E-state index contributed by atoms with van der Waals surface area (Å²) in [5, 5.41) is 3.75. The van der Waals surface area contributed by atoms with E-state index in [2.05, 4.69) is 5.32 Å². The Labute approximate surface area is 106 Å². The molecule has 1 aromatic carbocycles. The van der Waals surface area contributed by atoms with Crippen molar-refractivity contribution in [2.24, 2.45) is 0 Å². The van der Waals surface area contributed by atoms with Gasteiger partial charge in [0.05, 0.1) is 10.7 Å². The van der Waals surface area contributed by atoms with Crippen molar-refractivity contribution in [2.45, 2.75) is 6.42 Å². The van der Waals surface area contributed by atoms with Gasteiger partial charge < -0.3 is 16.0 Å². The van der Waals surface area contributed by atoms with Gasteiger partial charge in [0.2, 0.25) is 0 Å². The van der Waals surface area contributed by atoms with Gasteiger partial charge in [0.1, 0.15) is 0 Å². The lowest BCUT2D eigenvalue weighted by Crippen LogP contribution is -2.34. The molecular formula is C12H16ClN3O. The van der Waals surface area contributed by atoms with Gasteiger partial charge in [-0.15, -0.1) is 0 Å². The molecule has 2 rings (SSSR count). The summed E-state index contributed by atoms with van der Waals surface area (Å²) in [6, 6.07) is 5.03. The molecule has 17 heavy (non-hydrogen) atoms. The van der Waals surface area contributed by atoms with Crippen LogP contribution in [0.15, 0.2) is 18.2 Å². The Bertz CT molecular complexity index is 414. The second-order valence-electron chi connectivity index (χ2n) is 4.13. The number of nitrogens with zero attached hydrogens (tertiary/aromatic N) is 1. The molecule has 0 saturated carbocycles. The van der Waals surface area contributed by atoms with Crippen LogP contribution in [-0.2, 0) is 0 Å². The quantitative estimate of drug-likeness (QED) is 0.743. The molecule has 0 radical (unpaired) electrons. The number of hydrogen-bond acceptors (Lipinski definition) is 3. The molecule has 1 aliphatic heterocycles. The average molecular weight is 254 g/mol. The van der Waals surface area contributed by atoms with E-state index in [0.717, 1.165) is 32.6 Å². The van der Waals surface area contributed by atoms with Crippen LogP contribution in [0.3, 0.4) is 0 Å². The van der Waals surface area contributed by atoms with E-state index in [1.807, 2.05) is 4.90 Å². The number of rotatable bonds is 1. The number of amides is 1. The van der Waals surface area contributed by atoms with Gasteiger partial charge >= 0.3 is 0 Å². The predicted octanol–water partition coefficient (Wildman–Crippen LogP) is 1.36. The maximum atomic E-state index is 12.2. The van der Waals surface area contributed by atoms with Gasteiger partial charge in [-0.2, -0.15) is 0 Å². The molecule has 1 aromatic rings. The molecule has 92 valence electrons. The molecule has 3 N–H and O–H groups in total. The number of carbonyl (C=O) groups is 1. The van der Waals surface area contributed by atoms with Crippen molar-refractivity contribution >= 4 is 23.2 Å². The minimum absolute atomic E-state index is 0.0251. The molecule has 0 bridgehead atoms. The van der Waals surface area contributed by atoms with Gasteiger partial charge in [-0.3, -0.25) is 4.79 Å². The van der Waals surface area contributed by atoms with Gasteiger partial charge in [-0.1, -0.05) is 11.6 Å². The number of benzene rings is 1. The van der Waals surface area contributed by atoms with Crippen molar-refractivity contribution in [3.05, 3.63) is 28.8 Å². The first-order chi connectivity index (χ1) is 8.18. The van der Waals surface area contributed by atoms with Gasteiger partial charge in [-0.05, 0) is 31.2 Å². The topological polar surface area (TPSA) is 58.4 Å².